The molecule has 0 spiro atoms. The lowest BCUT2D eigenvalue weighted by molar-refractivity contribution is -0.630. The monoisotopic (exact) mass is 168 g/mol. The number of hydrogen-bond donors (Lipinski definition) is 0. The van der Waals surface area contributed by atoms with Crippen LogP contribution in [0.3, 0.4) is 0 Å². The van der Waals surface area contributed by atoms with Crippen molar-refractivity contribution in [1.82, 2.24) is 4.57 Å². The molecule has 0 amide bonds. The van der Waals surface area contributed by atoms with Gasteiger partial charge in [0.05, 0.1) is 0 Å². The van der Waals surface area contributed by atoms with E-state index in [0.717, 1.165) is 4.57 Å². The van der Waals surface area contributed by atoms with Crippen LogP contribution in [0.5, 0.6) is 0 Å². The van der Waals surface area contributed by atoms with Gasteiger partial charge in [-0.3, -0.25) is 4.79 Å². The van der Waals surface area contributed by atoms with Gasteiger partial charge >= 0.3 is 0 Å². The van der Waals surface area contributed by atoms with Crippen molar-refractivity contribution in [3.63, 3.8) is 0 Å². The highest BCUT2D eigenvalue weighted by molar-refractivity contribution is 5.75. The van der Waals surface area contributed by atoms with E-state index in [1.54, 1.807) is 0 Å². The molecule has 1 heterocycles. The number of imidazole rings is 1. The molecule has 0 aliphatic heterocycles. The Kier molecular flexibility index (Phi) is 2.23. The van der Waals surface area contributed by atoms with Crippen LogP contribution in [-0.2, 0) is 11.3 Å². The fourth-order valence-corrected chi connectivity index (χ4v) is 0.853. The van der Waals surface area contributed by atoms with E-state index in [2.05, 4.69) is 0 Å². The number of aromatic nitrogens is 2. The maximum atomic E-state index is 10.6. The molecule has 64 valence electrons. The lowest BCUT2D eigenvalue weighted by atomic mass is 10.4. The second-order valence-corrected chi connectivity index (χ2v) is 2.46. The predicted molar refractivity (Wildman–Crippen MR) is 36.1 cm³/mol. The average molecular weight is 168 g/mol. The molecule has 0 aliphatic rings. The molecule has 0 saturated heterocycles. The number of carbonyl (C=O) groups is 2. The Morgan fingerprint density at radius 2 is 2.25 bits per heavy atom. The average Bonchev–Trinajstić information content (AvgIpc) is 2.34. The molecule has 0 fully saturated rings. The van der Waals surface area contributed by atoms with Crippen molar-refractivity contribution < 1.29 is 19.3 Å². The minimum atomic E-state index is -1.31. The molecule has 0 aliphatic carbocycles. The zero-order chi connectivity index (χ0) is 9.14. The van der Waals surface area contributed by atoms with E-state index < -0.39 is 6.09 Å². The van der Waals surface area contributed by atoms with Crippen molar-refractivity contribution in [3.05, 3.63) is 18.7 Å². The Bertz CT molecular complexity index is 316. The van der Waals surface area contributed by atoms with Gasteiger partial charge in [0.1, 0.15) is 18.9 Å². The first-order valence-electron chi connectivity index (χ1n) is 3.37. The number of ketones is 1. The van der Waals surface area contributed by atoms with Crippen LogP contribution < -0.4 is 9.67 Å². The lowest BCUT2D eigenvalue weighted by Gasteiger charge is -1.91. The highest BCUT2D eigenvalue weighted by Gasteiger charge is 2.05. The molecule has 0 N–H and O–H groups in total. The van der Waals surface area contributed by atoms with E-state index in [4.69, 9.17) is 0 Å². The van der Waals surface area contributed by atoms with Crippen molar-refractivity contribution in [2.75, 3.05) is 0 Å². The SMILES string of the molecule is CC(=O)Cn1cc[n+](C(=O)[O-])c1. The first kappa shape index (κ1) is 8.45. The van der Waals surface area contributed by atoms with E-state index >= 15 is 0 Å². The summed E-state index contributed by atoms with van der Waals surface area (Å²) in [7, 11) is 0. The number of carboxylic acid groups (broad SMARTS) is 1. The van der Waals surface area contributed by atoms with Gasteiger partial charge in [0.25, 0.3) is 0 Å². The van der Waals surface area contributed by atoms with Gasteiger partial charge in [-0.05, 0) is 6.92 Å². The van der Waals surface area contributed by atoms with E-state index in [9.17, 15) is 14.7 Å². The van der Waals surface area contributed by atoms with Crippen molar-refractivity contribution in [2.45, 2.75) is 13.5 Å². The Balaban J connectivity index is 2.77. The van der Waals surface area contributed by atoms with Crippen LogP contribution in [0, 0.1) is 0 Å². The molecule has 1 aromatic heterocycles. The van der Waals surface area contributed by atoms with Crippen LogP contribution in [0.1, 0.15) is 6.92 Å². The van der Waals surface area contributed by atoms with Crippen LogP contribution in [0.2, 0.25) is 0 Å². The minimum Gasteiger partial charge on any atom is -0.510 e. The Morgan fingerprint density at radius 3 is 2.67 bits per heavy atom. The normalized spacial score (nSPS) is 9.75. The van der Waals surface area contributed by atoms with E-state index in [1.807, 2.05) is 0 Å². The van der Waals surface area contributed by atoms with E-state index in [1.165, 1.54) is 30.2 Å². The van der Waals surface area contributed by atoms with Crippen molar-refractivity contribution in [1.29, 1.82) is 0 Å². The molecule has 0 radical (unpaired) electrons. The molecule has 5 heteroatoms. The quantitative estimate of drug-likeness (QED) is 0.508. The summed E-state index contributed by atoms with van der Waals surface area (Å²) < 4.78 is 2.35. The summed E-state index contributed by atoms with van der Waals surface area (Å²) in [5, 5.41) is 10.3. The zero-order valence-corrected chi connectivity index (χ0v) is 6.56. The van der Waals surface area contributed by atoms with Crippen molar-refractivity contribution >= 4 is 11.9 Å². The Hall–Kier alpha value is -1.65. The second kappa shape index (κ2) is 3.17. The third-order valence-corrected chi connectivity index (χ3v) is 1.31. The number of hydrogen-bond acceptors (Lipinski definition) is 3. The first-order chi connectivity index (χ1) is 5.59. The predicted octanol–water partition coefficient (Wildman–Crippen LogP) is -1.44. The van der Waals surface area contributed by atoms with Crippen molar-refractivity contribution in [3.8, 4) is 0 Å². The van der Waals surface area contributed by atoms with E-state index in [0.29, 0.717) is 0 Å². The number of rotatable bonds is 2. The summed E-state index contributed by atoms with van der Waals surface area (Å²) in [6.45, 7) is 1.61. The third kappa shape index (κ3) is 1.91. The third-order valence-electron chi connectivity index (χ3n) is 1.31. The topological polar surface area (TPSA) is 66.0 Å². The maximum absolute atomic E-state index is 10.6. The number of nitrogens with zero attached hydrogens (tertiary/aromatic N) is 2. The molecule has 5 nitrogen and oxygen atoms in total. The number of Topliss-reactive ketones (excluding diaryl/α,β-unsaturated/α-hetero) is 1. The maximum Gasteiger partial charge on any atom is 0.250 e. The smallest absolute Gasteiger partial charge is 0.250 e. The molecule has 0 aromatic carbocycles. The molecule has 0 saturated carbocycles. The van der Waals surface area contributed by atoms with Crippen LogP contribution >= 0.6 is 0 Å². The molecule has 1 aromatic rings. The minimum absolute atomic E-state index is 0.0314. The molecule has 1 rings (SSSR count). The van der Waals surface area contributed by atoms with E-state index in [-0.39, 0.29) is 12.3 Å². The second-order valence-electron chi connectivity index (χ2n) is 2.46. The number of carbonyl (C=O) groups excluding carboxylic acids is 2. The van der Waals surface area contributed by atoms with Gasteiger partial charge in [-0.25, -0.2) is 4.57 Å². The van der Waals surface area contributed by atoms with Gasteiger partial charge in [0.15, 0.2) is 5.78 Å². The zero-order valence-electron chi connectivity index (χ0n) is 6.56. The molecule has 12 heavy (non-hydrogen) atoms. The van der Waals surface area contributed by atoms with Crippen LogP contribution in [0.15, 0.2) is 18.7 Å². The van der Waals surface area contributed by atoms with Gasteiger partial charge in [0, 0.05) is 0 Å². The summed E-state index contributed by atoms with van der Waals surface area (Å²) in [6, 6.07) is 0. The molecule has 0 atom stereocenters. The van der Waals surface area contributed by atoms with Crippen molar-refractivity contribution in [2.24, 2.45) is 0 Å². The fraction of sp³-hybridized carbons (Fsp3) is 0.286. The van der Waals surface area contributed by atoms with Gasteiger partial charge in [-0.2, -0.15) is 4.57 Å². The summed E-state index contributed by atoms with van der Waals surface area (Å²) in [4.78, 5) is 20.9. The largest absolute Gasteiger partial charge is 0.510 e. The fourth-order valence-electron chi connectivity index (χ4n) is 0.853. The van der Waals surface area contributed by atoms with Gasteiger partial charge in [-0.15, -0.1) is 0 Å². The summed E-state index contributed by atoms with van der Waals surface area (Å²) in [5.74, 6) is -0.0314. The van der Waals surface area contributed by atoms with Crippen LogP contribution in [0.25, 0.3) is 0 Å². The standard InChI is InChI=1S/C7H8N2O3/c1-6(10)4-8-2-3-9(5-8)7(11)12/h2-3,5H,4H2,1H3. The molecular formula is C7H8N2O3. The lowest BCUT2D eigenvalue weighted by Crippen LogP contribution is -2.50. The van der Waals surface area contributed by atoms with Gasteiger partial charge in [-0.1, -0.05) is 0 Å². The molecular weight excluding hydrogens is 160 g/mol. The summed E-state index contributed by atoms with van der Waals surface area (Å²) in [5.41, 5.74) is 0. The highest BCUT2D eigenvalue weighted by Crippen LogP contribution is 1.84. The van der Waals surface area contributed by atoms with Crippen LogP contribution in [-0.4, -0.2) is 16.4 Å². The summed E-state index contributed by atoms with van der Waals surface area (Å²) in [6.07, 6.45) is 2.80. The van der Waals surface area contributed by atoms with Gasteiger partial charge < -0.3 is 9.90 Å². The highest BCUT2D eigenvalue weighted by atomic mass is 16.4. The Labute approximate surface area is 68.9 Å². The van der Waals surface area contributed by atoms with Crippen LogP contribution in [0.4, 0.5) is 4.79 Å². The molecule has 0 unspecified atom stereocenters. The summed E-state index contributed by atoms with van der Waals surface area (Å²) >= 11 is 0. The molecule has 0 bridgehead atoms. The first-order valence-corrected chi connectivity index (χ1v) is 3.37. The Morgan fingerprint density at radius 1 is 1.58 bits per heavy atom. The van der Waals surface area contributed by atoms with Gasteiger partial charge in [0.2, 0.25) is 12.4 Å².